The molecule has 138 valence electrons. The predicted octanol–water partition coefficient (Wildman–Crippen LogP) is 5.10. The highest BCUT2D eigenvalue weighted by atomic mass is 32.1. The fourth-order valence-corrected chi connectivity index (χ4v) is 3.27. The molecule has 1 aromatic heterocycles. The molecular weight excluding hydrogens is 377 g/mol. The van der Waals surface area contributed by atoms with Crippen molar-refractivity contribution in [2.24, 2.45) is 5.10 Å². The van der Waals surface area contributed by atoms with Crippen molar-refractivity contribution in [2.75, 3.05) is 5.43 Å². The molecule has 0 aliphatic rings. The van der Waals surface area contributed by atoms with E-state index in [1.807, 2.05) is 24.3 Å². The smallest absolute Gasteiger partial charge is 0.343 e. The van der Waals surface area contributed by atoms with Crippen LogP contribution in [0.15, 0.2) is 77.9 Å². The average Bonchev–Trinajstić information content (AvgIpc) is 3.12. The van der Waals surface area contributed by atoms with Gasteiger partial charge in [-0.15, -0.1) is 0 Å². The quantitative estimate of drug-likeness (QED) is 0.222. The van der Waals surface area contributed by atoms with E-state index in [0.29, 0.717) is 10.9 Å². The molecule has 0 aliphatic carbocycles. The number of anilines is 1. The van der Waals surface area contributed by atoms with E-state index in [4.69, 9.17) is 4.74 Å². The summed E-state index contributed by atoms with van der Waals surface area (Å²) in [7, 11) is 0. The van der Waals surface area contributed by atoms with Gasteiger partial charge in [-0.3, -0.25) is 5.43 Å². The Balaban J connectivity index is 1.36. The Bertz CT molecular complexity index is 1110. The van der Waals surface area contributed by atoms with E-state index in [-0.39, 0.29) is 5.56 Å². The number of para-hydroxylation sites is 1. The number of hydrogen-bond donors (Lipinski definition) is 1. The monoisotopic (exact) mass is 391 g/mol. The number of hydrazone groups is 1. The molecule has 0 amide bonds. The molecule has 4 rings (SSSR count). The number of rotatable bonds is 5. The minimum atomic E-state index is -0.543. The lowest BCUT2D eigenvalue weighted by Crippen LogP contribution is -2.08. The number of aromatic nitrogens is 1. The molecule has 0 aliphatic heterocycles. The zero-order valence-electron chi connectivity index (χ0n) is 14.5. The van der Waals surface area contributed by atoms with Gasteiger partial charge in [0, 0.05) is 0 Å². The van der Waals surface area contributed by atoms with Crippen LogP contribution < -0.4 is 10.2 Å². The van der Waals surface area contributed by atoms with E-state index in [1.54, 1.807) is 30.5 Å². The van der Waals surface area contributed by atoms with Gasteiger partial charge in [-0.2, -0.15) is 5.10 Å². The number of hydrogen-bond acceptors (Lipinski definition) is 6. The highest BCUT2D eigenvalue weighted by Gasteiger charge is 2.08. The molecule has 0 fully saturated rings. The molecule has 3 aromatic carbocycles. The number of nitrogens with zero attached hydrogens (tertiary/aromatic N) is 2. The van der Waals surface area contributed by atoms with Crippen molar-refractivity contribution in [1.29, 1.82) is 0 Å². The Hall–Kier alpha value is -3.58. The summed E-state index contributed by atoms with van der Waals surface area (Å²) in [4.78, 5) is 16.5. The van der Waals surface area contributed by atoms with Gasteiger partial charge >= 0.3 is 5.97 Å². The SMILES string of the molecule is O=C(Oc1ccc(/C=N\Nc2nc3ccccc3s2)cc1)c1ccc(F)cc1. The number of thiazole rings is 1. The minimum Gasteiger partial charge on any atom is -0.423 e. The van der Waals surface area contributed by atoms with Gasteiger partial charge in [-0.25, -0.2) is 14.2 Å². The van der Waals surface area contributed by atoms with E-state index in [2.05, 4.69) is 15.5 Å². The molecule has 0 saturated heterocycles. The van der Waals surface area contributed by atoms with Gasteiger partial charge in [0.1, 0.15) is 11.6 Å². The number of nitrogens with one attached hydrogen (secondary N) is 1. The van der Waals surface area contributed by atoms with Crippen LogP contribution in [0.2, 0.25) is 0 Å². The second kappa shape index (κ2) is 7.98. The lowest BCUT2D eigenvalue weighted by molar-refractivity contribution is 0.0734. The van der Waals surface area contributed by atoms with Crippen LogP contribution in [-0.4, -0.2) is 17.2 Å². The van der Waals surface area contributed by atoms with Crippen LogP contribution in [0, 0.1) is 5.82 Å². The molecule has 1 heterocycles. The van der Waals surface area contributed by atoms with Crippen molar-refractivity contribution in [3.05, 3.63) is 89.7 Å². The Kier molecular flexibility index (Phi) is 5.07. The highest BCUT2D eigenvalue weighted by molar-refractivity contribution is 7.22. The Labute approximate surface area is 164 Å². The topological polar surface area (TPSA) is 63.6 Å². The lowest BCUT2D eigenvalue weighted by Gasteiger charge is -2.04. The Morgan fingerprint density at radius 2 is 1.79 bits per heavy atom. The number of fused-ring (bicyclic) bond motifs is 1. The maximum atomic E-state index is 12.9. The van der Waals surface area contributed by atoms with Crippen molar-refractivity contribution in [1.82, 2.24) is 4.98 Å². The standard InChI is InChI=1S/C21H14FN3O2S/c22-16-9-7-15(8-10-16)20(26)27-17-11-5-14(6-12-17)13-23-25-21-24-18-3-1-2-4-19(18)28-21/h1-13H,(H,24,25)/b23-13-. The van der Waals surface area contributed by atoms with Gasteiger partial charge in [0.05, 0.1) is 22.0 Å². The zero-order valence-corrected chi connectivity index (χ0v) is 15.3. The first-order chi connectivity index (χ1) is 13.7. The van der Waals surface area contributed by atoms with Crippen molar-refractivity contribution in [3.8, 4) is 5.75 Å². The van der Waals surface area contributed by atoms with Gasteiger partial charge in [0.15, 0.2) is 0 Å². The molecule has 0 unspecified atom stereocenters. The molecule has 0 radical (unpaired) electrons. The maximum absolute atomic E-state index is 12.9. The fourth-order valence-electron chi connectivity index (χ4n) is 2.46. The normalized spacial score (nSPS) is 11.0. The van der Waals surface area contributed by atoms with Gasteiger partial charge < -0.3 is 4.74 Å². The molecule has 0 spiro atoms. The first-order valence-corrected chi connectivity index (χ1v) is 9.21. The van der Waals surface area contributed by atoms with Crippen molar-refractivity contribution < 1.29 is 13.9 Å². The van der Waals surface area contributed by atoms with Crippen molar-refractivity contribution in [2.45, 2.75) is 0 Å². The van der Waals surface area contributed by atoms with Crippen molar-refractivity contribution >= 4 is 38.9 Å². The number of esters is 1. The number of carbonyl (C=O) groups excluding carboxylic acids is 1. The Morgan fingerprint density at radius 1 is 1.04 bits per heavy atom. The fraction of sp³-hybridized carbons (Fsp3) is 0. The molecular formula is C21H14FN3O2S. The van der Waals surface area contributed by atoms with E-state index in [0.717, 1.165) is 15.8 Å². The van der Waals surface area contributed by atoms with Gasteiger partial charge in [-0.05, 0) is 66.2 Å². The third-order valence-corrected chi connectivity index (χ3v) is 4.78. The number of benzene rings is 3. The lowest BCUT2D eigenvalue weighted by atomic mass is 10.2. The van der Waals surface area contributed by atoms with Crippen molar-refractivity contribution in [3.63, 3.8) is 0 Å². The third kappa shape index (κ3) is 4.21. The summed E-state index contributed by atoms with van der Waals surface area (Å²) >= 11 is 1.52. The Morgan fingerprint density at radius 3 is 2.54 bits per heavy atom. The third-order valence-electron chi connectivity index (χ3n) is 3.84. The maximum Gasteiger partial charge on any atom is 0.343 e. The zero-order chi connectivity index (χ0) is 19.3. The molecule has 4 aromatic rings. The molecule has 7 heteroatoms. The summed E-state index contributed by atoms with van der Waals surface area (Å²) in [6.07, 6.45) is 1.65. The summed E-state index contributed by atoms with van der Waals surface area (Å²) in [5.74, 6) is -0.552. The molecule has 0 saturated carbocycles. The average molecular weight is 391 g/mol. The summed E-state index contributed by atoms with van der Waals surface area (Å²) in [6, 6.07) is 20.0. The summed E-state index contributed by atoms with van der Waals surface area (Å²) in [6.45, 7) is 0. The van der Waals surface area contributed by atoms with Crippen LogP contribution in [0.1, 0.15) is 15.9 Å². The van der Waals surface area contributed by atoms with E-state index in [9.17, 15) is 9.18 Å². The first-order valence-electron chi connectivity index (χ1n) is 8.40. The van der Waals surface area contributed by atoms with Crippen LogP contribution >= 0.6 is 11.3 Å². The number of ether oxygens (including phenoxy) is 1. The van der Waals surface area contributed by atoms with E-state index < -0.39 is 11.8 Å². The molecule has 0 bridgehead atoms. The highest BCUT2D eigenvalue weighted by Crippen LogP contribution is 2.25. The van der Waals surface area contributed by atoms with Gasteiger partial charge in [0.25, 0.3) is 0 Å². The van der Waals surface area contributed by atoms with Crippen LogP contribution in [0.3, 0.4) is 0 Å². The van der Waals surface area contributed by atoms with Crippen LogP contribution in [0.5, 0.6) is 5.75 Å². The second-order valence-corrected chi connectivity index (χ2v) is 6.85. The van der Waals surface area contributed by atoms with Crippen LogP contribution in [-0.2, 0) is 0 Å². The molecule has 1 N–H and O–H groups in total. The number of carbonyl (C=O) groups is 1. The van der Waals surface area contributed by atoms with Gasteiger partial charge in [0.2, 0.25) is 5.13 Å². The summed E-state index contributed by atoms with van der Waals surface area (Å²) in [5, 5.41) is 4.89. The van der Waals surface area contributed by atoms with E-state index in [1.165, 1.54) is 35.6 Å². The van der Waals surface area contributed by atoms with E-state index >= 15 is 0 Å². The predicted molar refractivity (Wildman–Crippen MR) is 109 cm³/mol. The van der Waals surface area contributed by atoms with Crippen LogP contribution in [0.4, 0.5) is 9.52 Å². The van der Waals surface area contributed by atoms with Gasteiger partial charge in [-0.1, -0.05) is 23.5 Å². The first kappa shape index (κ1) is 17.8. The summed E-state index contributed by atoms with van der Waals surface area (Å²) < 4.78 is 19.3. The molecule has 5 nitrogen and oxygen atoms in total. The minimum absolute atomic E-state index is 0.284. The molecule has 0 atom stereocenters. The largest absolute Gasteiger partial charge is 0.423 e. The summed E-state index contributed by atoms with van der Waals surface area (Å²) in [5.41, 5.74) is 4.96. The second-order valence-electron chi connectivity index (χ2n) is 5.82. The van der Waals surface area contributed by atoms with Crippen LogP contribution in [0.25, 0.3) is 10.2 Å². The number of halogens is 1. The molecule has 28 heavy (non-hydrogen) atoms.